The number of benzene rings is 1. The van der Waals surface area contributed by atoms with Gasteiger partial charge in [0.05, 0.1) is 6.33 Å². The molecule has 0 spiro atoms. The molecule has 1 amide bonds. The van der Waals surface area contributed by atoms with Crippen molar-refractivity contribution in [2.24, 2.45) is 5.73 Å². The first-order valence-corrected chi connectivity index (χ1v) is 15.3. The molecule has 3 aliphatic rings. The average molecular weight is 649 g/mol. The van der Waals surface area contributed by atoms with E-state index in [1.165, 1.54) is 19.8 Å². The Hall–Kier alpha value is -3.19. The molecular weight excluding hydrogens is 605 g/mol. The number of imidazole rings is 1. The van der Waals surface area contributed by atoms with E-state index in [1.807, 2.05) is 6.33 Å². The lowest BCUT2D eigenvalue weighted by molar-refractivity contribution is -0.106. The number of hydrogen-bond acceptors (Lipinski definition) is 10. The van der Waals surface area contributed by atoms with Gasteiger partial charge in [0.2, 0.25) is 5.95 Å². The first-order valence-electron chi connectivity index (χ1n) is 15.3. The highest BCUT2D eigenvalue weighted by molar-refractivity contribution is 5.95. The number of nitrogens with zero attached hydrogens (tertiary/aromatic N) is 5. The van der Waals surface area contributed by atoms with E-state index < -0.39 is 6.09 Å². The van der Waals surface area contributed by atoms with Gasteiger partial charge in [0.25, 0.3) is 0 Å². The first kappa shape index (κ1) is 33.7. The Morgan fingerprint density at radius 3 is 2.20 bits per heavy atom. The number of rotatable bonds is 8. The van der Waals surface area contributed by atoms with Crippen molar-refractivity contribution >= 4 is 65.3 Å². The summed E-state index contributed by atoms with van der Waals surface area (Å²) in [4.78, 5) is 44.1. The lowest BCUT2D eigenvalue weighted by Gasteiger charge is -2.31. The molecule has 3 heterocycles. The lowest BCUT2D eigenvalue weighted by Crippen LogP contribution is -2.41. The van der Waals surface area contributed by atoms with Crippen LogP contribution in [0.1, 0.15) is 87.5 Å². The summed E-state index contributed by atoms with van der Waals surface area (Å²) in [6.45, 7) is 2.69. The van der Waals surface area contributed by atoms with Gasteiger partial charge in [-0.15, -0.1) is 29.9 Å². The van der Waals surface area contributed by atoms with Gasteiger partial charge in [0.15, 0.2) is 22.8 Å². The van der Waals surface area contributed by atoms with Crippen LogP contribution in [-0.2, 0) is 4.84 Å². The normalized spacial score (nSPS) is 21.2. The number of ketones is 1. The van der Waals surface area contributed by atoms with Crippen molar-refractivity contribution in [3.05, 3.63) is 36.2 Å². The van der Waals surface area contributed by atoms with Gasteiger partial charge < -0.3 is 25.8 Å². The molecule has 0 radical (unpaired) electrons. The Labute approximate surface area is 270 Å². The number of nitrogens with one attached hydrogen (secondary N) is 3. The monoisotopic (exact) mass is 647 g/mol. The number of nitrogens with two attached hydrogens (primary N) is 1. The van der Waals surface area contributed by atoms with Gasteiger partial charge in [-0.3, -0.25) is 10.1 Å². The molecule has 6 rings (SSSR count). The molecule has 2 aliphatic carbocycles. The van der Waals surface area contributed by atoms with E-state index in [9.17, 15) is 9.59 Å². The van der Waals surface area contributed by atoms with Crippen LogP contribution in [0.3, 0.4) is 0 Å². The van der Waals surface area contributed by atoms with E-state index in [4.69, 9.17) is 25.5 Å². The minimum atomic E-state index is -0.550. The fourth-order valence-corrected chi connectivity index (χ4v) is 6.31. The summed E-state index contributed by atoms with van der Waals surface area (Å²) in [5.41, 5.74) is 8.97. The fourth-order valence-electron chi connectivity index (χ4n) is 6.31. The maximum Gasteiger partial charge on any atom is 0.430 e. The molecule has 3 aromatic rings. The molecule has 1 aliphatic heterocycles. The predicted octanol–water partition coefficient (Wildman–Crippen LogP) is 5.71. The molecule has 12 nitrogen and oxygen atoms in total. The van der Waals surface area contributed by atoms with Gasteiger partial charge in [0, 0.05) is 48.5 Å². The van der Waals surface area contributed by atoms with Crippen molar-refractivity contribution in [2.75, 3.05) is 29.0 Å². The van der Waals surface area contributed by atoms with E-state index in [-0.39, 0.29) is 42.7 Å². The average Bonchev–Trinajstić information content (AvgIpc) is 3.66. The Morgan fingerprint density at radius 2 is 1.55 bits per heavy atom. The van der Waals surface area contributed by atoms with E-state index in [2.05, 4.69) is 20.5 Å². The number of Topliss-reactive ketones (excluding diaryl/α,β-unsaturated/α-hetero) is 1. The van der Waals surface area contributed by atoms with Crippen molar-refractivity contribution in [3.8, 4) is 0 Å². The fraction of sp³-hybridized carbons (Fsp3) is 0.567. The third-order valence-corrected chi connectivity index (χ3v) is 8.79. The Morgan fingerprint density at radius 1 is 0.886 bits per heavy atom. The largest absolute Gasteiger partial charge is 0.430 e. The van der Waals surface area contributed by atoms with Crippen molar-refractivity contribution in [1.29, 1.82) is 0 Å². The number of carbonyl (C=O) groups excluding carboxylic acids is 2. The molecule has 0 bridgehead atoms. The molecule has 14 heteroatoms. The van der Waals surface area contributed by atoms with Crippen LogP contribution in [0.4, 0.5) is 22.2 Å². The molecular formula is C30H43Cl2N9O3. The van der Waals surface area contributed by atoms with Crippen LogP contribution in [0.25, 0.3) is 11.2 Å². The van der Waals surface area contributed by atoms with Gasteiger partial charge in [-0.2, -0.15) is 9.97 Å². The molecule has 5 N–H and O–H groups in total. The lowest BCUT2D eigenvalue weighted by atomic mass is 9.92. The van der Waals surface area contributed by atoms with Gasteiger partial charge in [-0.25, -0.2) is 9.78 Å². The second kappa shape index (κ2) is 15.2. The highest BCUT2D eigenvalue weighted by Gasteiger charge is 2.27. The number of halogens is 2. The summed E-state index contributed by atoms with van der Waals surface area (Å²) in [6.07, 6.45) is 11.7. The second-order valence-corrected chi connectivity index (χ2v) is 11.9. The molecule has 0 unspecified atom stereocenters. The number of anilines is 3. The minimum absolute atomic E-state index is 0. The molecule has 0 atom stereocenters. The topological polar surface area (TPSA) is 152 Å². The first-order chi connectivity index (χ1) is 20.4. The second-order valence-electron chi connectivity index (χ2n) is 11.9. The summed E-state index contributed by atoms with van der Waals surface area (Å²) in [7, 11) is 0. The van der Waals surface area contributed by atoms with E-state index in [0.717, 1.165) is 68.3 Å². The quantitative estimate of drug-likeness (QED) is 0.224. The van der Waals surface area contributed by atoms with Gasteiger partial charge in [-0.05, 0) is 82.6 Å². The number of hydrogen-bond donors (Lipinski definition) is 4. The maximum absolute atomic E-state index is 12.4. The highest BCUT2D eigenvalue weighted by atomic mass is 35.5. The van der Waals surface area contributed by atoms with E-state index >= 15 is 0 Å². The summed E-state index contributed by atoms with van der Waals surface area (Å²) in [5, 5.41) is 11.6. The van der Waals surface area contributed by atoms with Crippen LogP contribution >= 0.6 is 24.8 Å². The summed E-state index contributed by atoms with van der Waals surface area (Å²) in [5.74, 6) is 1.37. The Balaban J connectivity index is 0.00000221. The Bertz CT molecular complexity index is 1400. The van der Waals surface area contributed by atoms with Crippen LogP contribution in [0.5, 0.6) is 0 Å². The zero-order chi connectivity index (χ0) is 29.1. The zero-order valence-corrected chi connectivity index (χ0v) is 26.7. The van der Waals surface area contributed by atoms with Crippen molar-refractivity contribution in [2.45, 2.75) is 95.3 Å². The van der Waals surface area contributed by atoms with Crippen LogP contribution in [0.15, 0.2) is 30.6 Å². The Kier molecular flexibility index (Phi) is 11.6. The SMILES string of the molecule is CC(=O)c1ccc(NC(=O)ON2CCC(Nc3nc(NC4CCC(N)CC4)nc4c3ncn4C3CCCC3)CC2)cc1.Cl.Cl. The highest BCUT2D eigenvalue weighted by Crippen LogP contribution is 2.34. The molecule has 44 heavy (non-hydrogen) atoms. The molecule has 240 valence electrons. The number of carbonyl (C=O) groups is 2. The van der Waals surface area contributed by atoms with E-state index in [1.54, 1.807) is 29.3 Å². The molecule has 2 saturated carbocycles. The molecule has 3 fully saturated rings. The van der Waals surface area contributed by atoms with Gasteiger partial charge in [0.1, 0.15) is 0 Å². The number of amides is 1. The summed E-state index contributed by atoms with van der Waals surface area (Å²) < 4.78 is 2.24. The summed E-state index contributed by atoms with van der Waals surface area (Å²) in [6, 6.07) is 7.93. The van der Waals surface area contributed by atoms with Crippen LogP contribution in [0.2, 0.25) is 0 Å². The molecule has 1 aromatic carbocycles. The number of piperidine rings is 1. The standard InChI is InChI=1S/C30H41N9O3.2ClH/c1-19(40)20-6-10-23(11-7-20)35-30(41)42-38-16-14-24(15-17-38)33-27-26-28(39(18-32-26)25-4-2-3-5-25)37-29(36-27)34-22-12-8-21(31)9-13-22;;/h6-7,10-11,18,21-22,24-25H,2-5,8-9,12-17,31H2,1H3,(H,35,41)(H2,33,34,36,37);2*1H. The van der Waals surface area contributed by atoms with Crippen molar-refractivity contribution in [3.63, 3.8) is 0 Å². The molecule has 2 aromatic heterocycles. The predicted molar refractivity (Wildman–Crippen MR) is 176 cm³/mol. The van der Waals surface area contributed by atoms with Gasteiger partial charge in [-0.1, -0.05) is 12.8 Å². The number of fused-ring (bicyclic) bond motifs is 1. The van der Waals surface area contributed by atoms with E-state index in [0.29, 0.717) is 42.4 Å². The van der Waals surface area contributed by atoms with Crippen LogP contribution in [-0.4, -0.2) is 67.7 Å². The zero-order valence-electron chi connectivity index (χ0n) is 25.0. The third-order valence-electron chi connectivity index (χ3n) is 8.79. The van der Waals surface area contributed by atoms with Crippen molar-refractivity contribution in [1.82, 2.24) is 24.6 Å². The van der Waals surface area contributed by atoms with Crippen LogP contribution in [0, 0.1) is 0 Å². The van der Waals surface area contributed by atoms with Crippen molar-refractivity contribution < 1.29 is 14.4 Å². The maximum atomic E-state index is 12.4. The summed E-state index contributed by atoms with van der Waals surface area (Å²) >= 11 is 0. The minimum Gasteiger partial charge on any atom is -0.365 e. The van der Waals surface area contributed by atoms with Crippen LogP contribution < -0.4 is 21.7 Å². The van der Waals surface area contributed by atoms with Gasteiger partial charge >= 0.3 is 6.09 Å². The number of aromatic nitrogens is 4. The molecule has 1 saturated heterocycles. The third kappa shape index (κ3) is 8.09. The number of hydroxylamine groups is 2. The smallest absolute Gasteiger partial charge is 0.365 e.